The van der Waals surface area contributed by atoms with Crippen molar-refractivity contribution in [2.24, 2.45) is 0 Å². The minimum Gasteiger partial charge on any atom is -0.336 e. The van der Waals surface area contributed by atoms with E-state index in [0.717, 1.165) is 21.7 Å². The van der Waals surface area contributed by atoms with E-state index in [2.05, 4.69) is 28.3 Å². The van der Waals surface area contributed by atoms with Crippen LogP contribution in [0.2, 0.25) is 0 Å². The van der Waals surface area contributed by atoms with Crippen LogP contribution in [0.1, 0.15) is 11.8 Å². The third kappa shape index (κ3) is 2.86. The first kappa shape index (κ1) is 14.3. The number of amides is 3. The summed E-state index contributed by atoms with van der Waals surface area (Å²) in [6.07, 6.45) is 2.48. The molecule has 0 bridgehead atoms. The summed E-state index contributed by atoms with van der Waals surface area (Å²) in [6, 6.07) is 1.77. The SMILES string of the molecule is CCc1cc2c(SCC(=O)N3CCNC3=O)ncnc2s1. The molecule has 1 aliphatic heterocycles. The number of thiophene rings is 1. The minimum absolute atomic E-state index is 0.187. The van der Waals surface area contributed by atoms with Crippen LogP contribution in [-0.2, 0) is 11.2 Å². The molecule has 0 saturated carbocycles. The molecule has 1 aliphatic rings. The van der Waals surface area contributed by atoms with Crippen LogP contribution in [0.5, 0.6) is 0 Å². The Morgan fingerprint density at radius 3 is 3.10 bits per heavy atom. The van der Waals surface area contributed by atoms with E-state index in [1.54, 1.807) is 11.3 Å². The first-order valence-electron chi connectivity index (χ1n) is 6.63. The Hall–Kier alpha value is -1.67. The van der Waals surface area contributed by atoms with Crippen LogP contribution in [0.4, 0.5) is 4.79 Å². The molecule has 0 atom stereocenters. The number of aryl methyl sites for hydroxylation is 1. The lowest BCUT2D eigenvalue weighted by Gasteiger charge is -2.11. The molecule has 0 aromatic carbocycles. The van der Waals surface area contributed by atoms with Gasteiger partial charge in [-0.25, -0.2) is 14.8 Å². The summed E-state index contributed by atoms with van der Waals surface area (Å²) in [4.78, 5) is 35.4. The molecule has 0 spiro atoms. The molecular weight excluding hydrogens is 308 g/mol. The summed E-state index contributed by atoms with van der Waals surface area (Å²) in [6.45, 7) is 3.06. The van der Waals surface area contributed by atoms with Crippen LogP contribution >= 0.6 is 23.1 Å². The number of nitrogens with one attached hydrogen (secondary N) is 1. The number of imide groups is 1. The van der Waals surface area contributed by atoms with Crippen molar-refractivity contribution in [3.63, 3.8) is 0 Å². The molecule has 21 heavy (non-hydrogen) atoms. The predicted octanol–water partition coefficient (Wildman–Crippen LogP) is 1.90. The van der Waals surface area contributed by atoms with Crippen molar-refractivity contribution in [1.29, 1.82) is 0 Å². The quantitative estimate of drug-likeness (QED) is 0.687. The number of hydrogen-bond donors (Lipinski definition) is 1. The molecule has 110 valence electrons. The summed E-state index contributed by atoms with van der Waals surface area (Å²) >= 11 is 3.00. The molecule has 3 rings (SSSR count). The summed E-state index contributed by atoms with van der Waals surface area (Å²) in [5, 5.41) is 4.41. The lowest BCUT2D eigenvalue weighted by Crippen LogP contribution is -2.35. The molecule has 2 aromatic rings. The van der Waals surface area contributed by atoms with Gasteiger partial charge < -0.3 is 5.32 Å². The van der Waals surface area contributed by atoms with Gasteiger partial charge in [-0.05, 0) is 12.5 Å². The lowest BCUT2D eigenvalue weighted by molar-refractivity contribution is -0.124. The zero-order valence-electron chi connectivity index (χ0n) is 11.5. The summed E-state index contributed by atoms with van der Waals surface area (Å²) in [5.41, 5.74) is 0. The first-order chi connectivity index (χ1) is 10.2. The van der Waals surface area contributed by atoms with Crippen LogP contribution in [0, 0.1) is 0 Å². The Balaban J connectivity index is 1.74. The Bertz CT molecular complexity index is 701. The van der Waals surface area contributed by atoms with Crippen LogP contribution in [0.3, 0.4) is 0 Å². The maximum Gasteiger partial charge on any atom is 0.324 e. The van der Waals surface area contributed by atoms with E-state index in [0.29, 0.717) is 13.1 Å². The number of aromatic nitrogens is 2. The average molecular weight is 322 g/mol. The van der Waals surface area contributed by atoms with Crippen molar-refractivity contribution < 1.29 is 9.59 Å². The molecule has 0 unspecified atom stereocenters. The maximum absolute atomic E-state index is 12.0. The molecule has 1 saturated heterocycles. The van der Waals surface area contributed by atoms with Gasteiger partial charge in [0.15, 0.2) is 0 Å². The van der Waals surface area contributed by atoms with Gasteiger partial charge in [0.25, 0.3) is 0 Å². The van der Waals surface area contributed by atoms with Crippen molar-refractivity contribution >= 4 is 45.3 Å². The van der Waals surface area contributed by atoms with E-state index in [4.69, 9.17) is 0 Å². The molecule has 1 fully saturated rings. The highest BCUT2D eigenvalue weighted by atomic mass is 32.2. The summed E-state index contributed by atoms with van der Waals surface area (Å²) < 4.78 is 0. The fourth-order valence-corrected chi connectivity index (χ4v) is 3.94. The third-order valence-corrected chi connectivity index (χ3v) is 5.36. The van der Waals surface area contributed by atoms with E-state index in [9.17, 15) is 9.59 Å². The predicted molar refractivity (Wildman–Crippen MR) is 82.6 cm³/mol. The van der Waals surface area contributed by atoms with Gasteiger partial charge in [-0.1, -0.05) is 18.7 Å². The Labute approximate surface area is 129 Å². The smallest absolute Gasteiger partial charge is 0.324 e. The molecule has 3 heterocycles. The Kier molecular flexibility index (Phi) is 4.07. The lowest BCUT2D eigenvalue weighted by atomic mass is 10.3. The third-order valence-electron chi connectivity index (χ3n) is 3.18. The van der Waals surface area contributed by atoms with Crippen LogP contribution in [0.15, 0.2) is 17.4 Å². The number of urea groups is 1. The van der Waals surface area contributed by atoms with Crippen molar-refractivity contribution in [1.82, 2.24) is 20.2 Å². The molecule has 3 amide bonds. The topological polar surface area (TPSA) is 75.2 Å². The summed E-state index contributed by atoms with van der Waals surface area (Å²) in [5.74, 6) is 0.0179. The maximum atomic E-state index is 12.0. The number of fused-ring (bicyclic) bond motifs is 1. The Morgan fingerprint density at radius 2 is 2.38 bits per heavy atom. The van der Waals surface area contributed by atoms with Crippen LogP contribution in [0.25, 0.3) is 10.2 Å². The largest absolute Gasteiger partial charge is 0.336 e. The van der Waals surface area contributed by atoms with Crippen molar-refractivity contribution in [3.8, 4) is 0 Å². The van der Waals surface area contributed by atoms with E-state index in [1.165, 1.54) is 27.9 Å². The molecule has 6 nitrogen and oxygen atoms in total. The Morgan fingerprint density at radius 1 is 1.52 bits per heavy atom. The zero-order valence-corrected chi connectivity index (χ0v) is 13.1. The number of nitrogens with zero attached hydrogens (tertiary/aromatic N) is 3. The highest BCUT2D eigenvalue weighted by Crippen LogP contribution is 2.31. The second-order valence-corrected chi connectivity index (χ2v) is 6.61. The number of thioether (sulfide) groups is 1. The van der Waals surface area contributed by atoms with Gasteiger partial charge >= 0.3 is 6.03 Å². The van der Waals surface area contributed by atoms with E-state index < -0.39 is 0 Å². The van der Waals surface area contributed by atoms with Crippen LogP contribution < -0.4 is 5.32 Å². The van der Waals surface area contributed by atoms with E-state index in [1.807, 2.05) is 0 Å². The van der Waals surface area contributed by atoms with Gasteiger partial charge in [-0.2, -0.15) is 0 Å². The van der Waals surface area contributed by atoms with Gasteiger partial charge in [0, 0.05) is 23.4 Å². The fourth-order valence-electron chi connectivity index (χ4n) is 2.09. The average Bonchev–Trinajstić information content (AvgIpc) is 3.10. The summed E-state index contributed by atoms with van der Waals surface area (Å²) in [7, 11) is 0. The minimum atomic E-state index is -0.308. The normalized spacial score (nSPS) is 14.7. The van der Waals surface area contributed by atoms with E-state index in [-0.39, 0.29) is 17.7 Å². The highest BCUT2D eigenvalue weighted by molar-refractivity contribution is 8.00. The van der Waals surface area contributed by atoms with Crippen molar-refractivity contribution in [2.75, 3.05) is 18.8 Å². The van der Waals surface area contributed by atoms with Gasteiger partial charge in [0.1, 0.15) is 16.2 Å². The van der Waals surface area contributed by atoms with E-state index >= 15 is 0 Å². The second-order valence-electron chi connectivity index (χ2n) is 4.53. The molecule has 0 radical (unpaired) electrons. The fraction of sp³-hybridized carbons (Fsp3) is 0.385. The molecule has 2 aromatic heterocycles. The number of carbonyl (C=O) groups is 2. The highest BCUT2D eigenvalue weighted by Gasteiger charge is 2.26. The first-order valence-corrected chi connectivity index (χ1v) is 8.43. The number of rotatable bonds is 4. The monoisotopic (exact) mass is 322 g/mol. The van der Waals surface area contributed by atoms with Gasteiger partial charge in [-0.15, -0.1) is 11.3 Å². The molecule has 0 aliphatic carbocycles. The molecular formula is C13H14N4O2S2. The molecule has 8 heteroatoms. The number of hydrogen-bond acceptors (Lipinski definition) is 6. The van der Waals surface area contributed by atoms with Gasteiger partial charge in [0.05, 0.1) is 5.75 Å². The molecule has 1 N–H and O–H groups in total. The zero-order chi connectivity index (χ0) is 14.8. The van der Waals surface area contributed by atoms with Crippen molar-refractivity contribution in [2.45, 2.75) is 18.4 Å². The van der Waals surface area contributed by atoms with Crippen molar-refractivity contribution in [3.05, 3.63) is 17.3 Å². The van der Waals surface area contributed by atoms with Crippen LogP contribution in [-0.4, -0.2) is 45.6 Å². The standard InChI is InChI=1S/C13H14N4O2S2/c1-2-8-5-9-11(15-7-16-12(9)21-8)20-6-10(18)17-4-3-14-13(17)19/h5,7H,2-4,6H2,1H3,(H,14,19). The second kappa shape index (κ2) is 5.98. The number of carbonyl (C=O) groups excluding carboxylic acids is 2. The van der Waals surface area contributed by atoms with Gasteiger partial charge in [-0.3, -0.25) is 9.69 Å². The van der Waals surface area contributed by atoms with Gasteiger partial charge in [0.2, 0.25) is 5.91 Å².